The van der Waals surface area contributed by atoms with Crippen molar-refractivity contribution in [3.63, 3.8) is 0 Å². The summed E-state index contributed by atoms with van der Waals surface area (Å²) in [7, 11) is 1.63. The van der Waals surface area contributed by atoms with E-state index in [9.17, 15) is 14.4 Å². The summed E-state index contributed by atoms with van der Waals surface area (Å²) < 4.78 is 12.0. The van der Waals surface area contributed by atoms with Gasteiger partial charge in [-0.25, -0.2) is 9.78 Å². The predicted octanol–water partition coefficient (Wildman–Crippen LogP) is 4.37. The highest BCUT2D eigenvalue weighted by Crippen LogP contribution is 2.25. The lowest BCUT2D eigenvalue weighted by atomic mass is 10.0. The molecule has 0 aliphatic carbocycles. The van der Waals surface area contributed by atoms with Gasteiger partial charge in [-0.2, -0.15) is 0 Å². The van der Waals surface area contributed by atoms with Crippen LogP contribution in [0, 0.1) is 13.8 Å². The van der Waals surface area contributed by atoms with E-state index in [4.69, 9.17) is 15.2 Å². The van der Waals surface area contributed by atoms with E-state index >= 15 is 0 Å². The van der Waals surface area contributed by atoms with E-state index in [1.807, 2.05) is 32.9 Å². The van der Waals surface area contributed by atoms with Crippen LogP contribution in [0.2, 0.25) is 0 Å². The Kier molecular flexibility index (Phi) is 8.75. The molecule has 11 nitrogen and oxygen atoms in total. The Labute approximate surface area is 227 Å². The number of hydrogen-bond acceptors (Lipinski definition) is 8. The summed E-state index contributed by atoms with van der Waals surface area (Å²) in [5.74, 6) is -0.927. The minimum atomic E-state index is -0.731. The Bertz CT molecular complexity index is 1420. The lowest BCUT2D eigenvalue weighted by molar-refractivity contribution is 0.0507. The van der Waals surface area contributed by atoms with Crippen molar-refractivity contribution >= 4 is 23.5 Å². The molecule has 0 aliphatic rings. The summed E-state index contributed by atoms with van der Waals surface area (Å²) in [4.78, 5) is 47.1. The van der Waals surface area contributed by atoms with E-state index in [1.54, 1.807) is 47.1 Å². The zero-order valence-electron chi connectivity index (χ0n) is 23.6. The van der Waals surface area contributed by atoms with Gasteiger partial charge in [0.25, 0.3) is 11.5 Å². The zero-order chi connectivity index (χ0) is 29.1. The van der Waals surface area contributed by atoms with Gasteiger partial charge in [-0.15, -0.1) is 0 Å². The Morgan fingerprint density at radius 3 is 2.28 bits per heavy atom. The molecule has 0 fully saturated rings. The first-order valence-corrected chi connectivity index (χ1v) is 12.5. The van der Waals surface area contributed by atoms with E-state index in [-0.39, 0.29) is 17.5 Å². The molecule has 39 heavy (non-hydrogen) atoms. The molecular formula is C28H36N6O5. The van der Waals surface area contributed by atoms with Crippen molar-refractivity contribution in [1.82, 2.24) is 19.9 Å². The molecule has 208 valence electrons. The van der Waals surface area contributed by atoms with Crippen molar-refractivity contribution in [2.45, 2.75) is 66.2 Å². The molecule has 0 radical (unpaired) electrons. The fraction of sp³-hybridized carbons (Fsp3) is 0.393. The number of nitrogens with two attached hydrogens (primary N) is 1. The van der Waals surface area contributed by atoms with Crippen molar-refractivity contribution in [2.24, 2.45) is 0 Å². The summed E-state index contributed by atoms with van der Waals surface area (Å²) in [5, 5.41) is 5.40. The molecule has 0 unspecified atom stereocenters. The summed E-state index contributed by atoms with van der Waals surface area (Å²) in [6.45, 7) is 12.8. The van der Waals surface area contributed by atoms with Crippen LogP contribution in [0.15, 0.2) is 41.7 Å². The molecule has 0 bridgehead atoms. The van der Waals surface area contributed by atoms with Crippen LogP contribution >= 0.6 is 0 Å². The molecule has 2 aromatic heterocycles. The number of hydrogen-bond donors (Lipinski definition) is 3. The molecule has 1 aromatic carbocycles. The second-order valence-corrected chi connectivity index (χ2v) is 10.4. The van der Waals surface area contributed by atoms with Gasteiger partial charge in [0.05, 0.1) is 29.7 Å². The maximum Gasteiger partial charge on any atom is 0.408 e. The molecule has 2 amide bonds. The number of nitrogen functional groups attached to an aromatic ring is 1. The highest BCUT2D eigenvalue weighted by molar-refractivity contribution is 6.06. The van der Waals surface area contributed by atoms with E-state index in [0.29, 0.717) is 16.9 Å². The number of alkyl carbamates (subject to hydrolysis) is 1. The standard InChI is InChI=1S/C28H36N6O5/c1-15-9-19(18(4)38-8)10-16(2)23(15)34-14-31-24(29)22(26(34)36)25(35)33-21-11-20(12-30-13-21)17(3)32-27(37)39-28(5,6)7/h9-14,17-18H,29H2,1-8H3,(H,32,37)(H,33,35)/t17-,18+/m0/s1. The van der Waals surface area contributed by atoms with Crippen LogP contribution in [0.25, 0.3) is 5.69 Å². The van der Waals surface area contributed by atoms with Crippen LogP contribution in [0.1, 0.15) is 79.4 Å². The number of ether oxygens (including phenoxy) is 2. The van der Waals surface area contributed by atoms with Gasteiger partial charge in [0.15, 0.2) is 0 Å². The van der Waals surface area contributed by atoms with Gasteiger partial charge in [-0.1, -0.05) is 12.1 Å². The SMILES string of the molecule is CO[C@H](C)c1cc(C)c(-n2cnc(N)c(C(=O)Nc3cncc([C@H](C)NC(=O)OC(C)(C)C)c3)c2=O)c(C)c1. The van der Waals surface area contributed by atoms with Gasteiger partial charge >= 0.3 is 6.09 Å². The van der Waals surface area contributed by atoms with E-state index in [2.05, 4.69) is 20.6 Å². The smallest absolute Gasteiger partial charge is 0.408 e. The van der Waals surface area contributed by atoms with Crippen LogP contribution < -0.4 is 21.9 Å². The number of anilines is 2. The number of nitrogens with zero attached hydrogens (tertiary/aromatic N) is 3. The Balaban J connectivity index is 1.89. The summed E-state index contributed by atoms with van der Waals surface area (Å²) in [6, 6.07) is 5.05. The normalized spacial score (nSPS) is 12.9. The number of pyridine rings is 1. The first-order valence-electron chi connectivity index (χ1n) is 12.5. The number of nitrogens with one attached hydrogen (secondary N) is 2. The number of aromatic nitrogens is 3. The molecule has 0 saturated heterocycles. The topological polar surface area (TPSA) is 150 Å². The van der Waals surface area contributed by atoms with Crippen LogP contribution in [0.4, 0.5) is 16.3 Å². The van der Waals surface area contributed by atoms with Crippen LogP contribution in [0.3, 0.4) is 0 Å². The molecule has 0 saturated carbocycles. The molecule has 3 rings (SSSR count). The number of carbonyl (C=O) groups is 2. The zero-order valence-corrected chi connectivity index (χ0v) is 23.6. The second-order valence-electron chi connectivity index (χ2n) is 10.4. The van der Waals surface area contributed by atoms with Gasteiger partial charge in [0, 0.05) is 13.3 Å². The highest BCUT2D eigenvalue weighted by Gasteiger charge is 2.22. The van der Waals surface area contributed by atoms with Crippen molar-refractivity contribution in [2.75, 3.05) is 18.2 Å². The van der Waals surface area contributed by atoms with Crippen LogP contribution in [-0.4, -0.2) is 39.2 Å². The van der Waals surface area contributed by atoms with Crippen LogP contribution in [-0.2, 0) is 9.47 Å². The lowest BCUT2D eigenvalue weighted by Gasteiger charge is -2.22. The average molecular weight is 537 g/mol. The van der Waals surface area contributed by atoms with Crippen LogP contribution in [0.5, 0.6) is 0 Å². The Morgan fingerprint density at radius 2 is 1.69 bits per heavy atom. The third kappa shape index (κ3) is 6.99. The van der Waals surface area contributed by atoms with Crippen molar-refractivity contribution < 1.29 is 19.1 Å². The first kappa shape index (κ1) is 29.3. The molecular weight excluding hydrogens is 500 g/mol. The third-order valence-electron chi connectivity index (χ3n) is 6.06. The fourth-order valence-electron chi connectivity index (χ4n) is 4.10. The molecule has 4 N–H and O–H groups in total. The van der Waals surface area contributed by atoms with E-state index in [0.717, 1.165) is 16.7 Å². The number of carbonyl (C=O) groups excluding carboxylic acids is 2. The summed E-state index contributed by atoms with van der Waals surface area (Å²) >= 11 is 0. The summed E-state index contributed by atoms with van der Waals surface area (Å²) in [6.07, 6.45) is 3.60. The number of methoxy groups -OCH3 is 1. The number of benzene rings is 1. The maximum atomic E-state index is 13.5. The maximum absolute atomic E-state index is 13.5. The van der Waals surface area contributed by atoms with Gasteiger partial charge in [-0.05, 0) is 76.8 Å². The van der Waals surface area contributed by atoms with Crippen molar-refractivity contribution in [3.05, 3.63) is 75.1 Å². The third-order valence-corrected chi connectivity index (χ3v) is 6.06. The average Bonchev–Trinajstić information content (AvgIpc) is 2.83. The Hall–Kier alpha value is -4.25. The number of rotatable bonds is 7. The van der Waals surface area contributed by atoms with Crippen molar-refractivity contribution in [3.8, 4) is 5.69 Å². The second kappa shape index (κ2) is 11.6. The highest BCUT2D eigenvalue weighted by atomic mass is 16.6. The van der Waals surface area contributed by atoms with Gasteiger partial charge in [0.1, 0.15) is 23.3 Å². The Morgan fingerprint density at radius 1 is 1.05 bits per heavy atom. The minimum Gasteiger partial charge on any atom is -0.444 e. The fourth-order valence-corrected chi connectivity index (χ4v) is 4.10. The number of amides is 2. The van der Waals surface area contributed by atoms with E-state index < -0.39 is 29.2 Å². The molecule has 0 aliphatic heterocycles. The molecule has 2 heterocycles. The molecule has 11 heteroatoms. The van der Waals surface area contributed by atoms with Gasteiger partial charge in [0.2, 0.25) is 0 Å². The first-order chi connectivity index (χ1) is 18.2. The predicted molar refractivity (Wildman–Crippen MR) is 149 cm³/mol. The largest absolute Gasteiger partial charge is 0.444 e. The number of aryl methyl sites for hydroxylation is 2. The summed E-state index contributed by atoms with van der Waals surface area (Å²) in [5.41, 5.74) is 8.58. The molecule has 3 aromatic rings. The van der Waals surface area contributed by atoms with Crippen molar-refractivity contribution in [1.29, 1.82) is 0 Å². The van der Waals surface area contributed by atoms with E-state index in [1.165, 1.54) is 17.1 Å². The monoisotopic (exact) mass is 536 g/mol. The van der Waals surface area contributed by atoms with Gasteiger partial charge in [-0.3, -0.25) is 19.1 Å². The van der Waals surface area contributed by atoms with Gasteiger partial charge < -0.3 is 25.8 Å². The molecule has 0 spiro atoms. The minimum absolute atomic E-state index is 0.120. The molecule has 2 atom stereocenters. The lowest BCUT2D eigenvalue weighted by Crippen LogP contribution is -2.34. The quantitative estimate of drug-likeness (QED) is 0.403.